The number of nitrogens with zero attached hydrogens (tertiary/aromatic N) is 1. The standard InChI is InChI=1S/C16H21ClN2OS/c1-11-10-12(7-8-19(11)2)18-16(13-4-3-9-20-13)14-5-6-15(17)21-14/h3-6,9,11-12,16,18H,7-8,10H2,1-2H3. The van der Waals surface area contributed by atoms with Gasteiger partial charge in [0.25, 0.3) is 0 Å². The van der Waals surface area contributed by atoms with Gasteiger partial charge in [-0.1, -0.05) is 11.6 Å². The van der Waals surface area contributed by atoms with E-state index in [1.807, 2.05) is 18.2 Å². The Morgan fingerprint density at radius 3 is 2.90 bits per heavy atom. The maximum absolute atomic E-state index is 6.10. The van der Waals surface area contributed by atoms with Crippen LogP contribution in [0, 0.1) is 0 Å². The zero-order chi connectivity index (χ0) is 14.8. The van der Waals surface area contributed by atoms with Gasteiger partial charge in [-0.15, -0.1) is 11.3 Å². The minimum atomic E-state index is 0.0955. The van der Waals surface area contributed by atoms with Crippen LogP contribution in [0.2, 0.25) is 4.34 Å². The van der Waals surface area contributed by atoms with E-state index in [9.17, 15) is 0 Å². The van der Waals surface area contributed by atoms with Crippen LogP contribution >= 0.6 is 22.9 Å². The molecule has 1 N–H and O–H groups in total. The van der Waals surface area contributed by atoms with Crippen molar-refractivity contribution in [3.8, 4) is 0 Å². The van der Waals surface area contributed by atoms with Gasteiger partial charge in [-0.05, 0) is 57.6 Å². The number of halogens is 1. The molecule has 1 fully saturated rings. The largest absolute Gasteiger partial charge is 0.467 e. The highest BCUT2D eigenvalue weighted by Crippen LogP contribution is 2.32. The Morgan fingerprint density at radius 1 is 1.43 bits per heavy atom. The highest BCUT2D eigenvalue weighted by molar-refractivity contribution is 7.16. The number of likely N-dealkylation sites (tertiary alicyclic amines) is 1. The molecular formula is C16H21ClN2OS. The lowest BCUT2D eigenvalue weighted by Crippen LogP contribution is -2.46. The molecule has 0 bridgehead atoms. The van der Waals surface area contributed by atoms with Crippen molar-refractivity contribution in [1.82, 2.24) is 10.2 Å². The van der Waals surface area contributed by atoms with Crippen LogP contribution in [-0.4, -0.2) is 30.6 Å². The first-order valence-electron chi connectivity index (χ1n) is 7.38. The van der Waals surface area contributed by atoms with Gasteiger partial charge in [-0.3, -0.25) is 0 Å². The molecule has 3 unspecified atom stereocenters. The maximum Gasteiger partial charge on any atom is 0.126 e. The van der Waals surface area contributed by atoms with Gasteiger partial charge in [0.2, 0.25) is 0 Å². The fraction of sp³-hybridized carbons (Fsp3) is 0.500. The van der Waals surface area contributed by atoms with Crippen LogP contribution in [0.1, 0.15) is 36.4 Å². The van der Waals surface area contributed by atoms with Gasteiger partial charge >= 0.3 is 0 Å². The van der Waals surface area contributed by atoms with Gasteiger partial charge in [0.1, 0.15) is 11.8 Å². The highest BCUT2D eigenvalue weighted by atomic mass is 35.5. The molecule has 1 aliphatic heterocycles. The summed E-state index contributed by atoms with van der Waals surface area (Å²) in [6.07, 6.45) is 4.06. The van der Waals surface area contributed by atoms with E-state index in [0.29, 0.717) is 12.1 Å². The average Bonchev–Trinajstić information content (AvgIpc) is 3.11. The Hall–Kier alpha value is -0.810. The van der Waals surface area contributed by atoms with E-state index in [0.717, 1.165) is 29.5 Å². The molecule has 0 aliphatic carbocycles. The summed E-state index contributed by atoms with van der Waals surface area (Å²) >= 11 is 7.72. The third kappa shape index (κ3) is 3.51. The minimum Gasteiger partial charge on any atom is -0.467 e. The van der Waals surface area contributed by atoms with Crippen molar-refractivity contribution < 1.29 is 4.42 Å². The summed E-state index contributed by atoms with van der Waals surface area (Å²) in [5.74, 6) is 0.958. The van der Waals surface area contributed by atoms with E-state index in [1.54, 1.807) is 17.6 Å². The number of hydrogen-bond donors (Lipinski definition) is 1. The summed E-state index contributed by atoms with van der Waals surface area (Å²) in [7, 11) is 2.20. The number of hydrogen-bond acceptors (Lipinski definition) is 4. The molecule has 3 nitrogen and oxygen atoms in total. The molecule has 21 heavy (non-hydrogen) atoms. The third-order valence-corrected chi connectivity index (χ3v) is 5.61. The predicted molar refractivity (Wildman–Crippen MR) is 88.1 cm³/mol. The smallest absolute Gasteiger partial charge is 0.126 e. The van der Waals surface area contributed by atoms with Crippen LogP contribution in [0.4, 0.5) is 0 Å². The van der Waals surface area contributed by atoms with E-state index in [2.05, 4.69) is 30.3 Å². The molecule has 114 valence electrons. The number of rotatable bonds is 4. The quantitative estimate of drug-likeness (QED) is 0.915. The van der Waals surface area contributed by atoms with Gasteiger partial charge < -0.3 is 14.6 Å². The Bertz CT molecular complexity index is 569. The summed E-state index contributed by atoms with van der Waals surface area (Å²) in [5.41, 5.74) is 0. The lowest BCUT2D eigenvalue weighted by molar-refractivity contribution is 0.163. The molecule has 1 saturated heterocycles. The van der Waals surface area contributed by atoms with E-state index in [4.69, 9.17) is 16.0 Å². The monoisotopic (exact) mass is 324 g/mol. The van der Waals surface area contributed by atoms with E-state index in [1.165, 1.54) is 4.88 Å². The third-order valence-electron chi connectivity index (χ3n) is 4.32. The SMILES string of the molecule is CC1CC(NC(c2ccco2)c2ccc(Cl)s2)CCN1C. The van der Waals surface area contributed by atoms with Gasteiger partial charge in [0, 0.05) is 17.0 Å². The zero-order valence-corrected chi connectivity index (χ0v) is 14.0. The zero-order valence-electron chi connectivity index (χ0n) is 12.4. The maximum atomic E-state index is 6.10. The van der Waals surface area contributed by atoms with Crippen LogP contribution in [0.15, 0.2) is 34.9 Å². The molecule has 3 atom stereocenters. The predicted octanol–water partition coefficient (Wildman–Crippen LogP) is 4.16. The van der Waals surface area contributed by atoms with Gasteiger partial charge in [-0.25, -0.2) is 0 Å². The first-order valence-corrected chi connectivity index (χ1v) is 8.58. The topological polar surface area (TPSA) is 28.4 Å². The number of piperidine rings is 1. The fourth-order valence-corrected chi connectivity index (χ4v) is 4.05. The Labute approximate surface area is 134 Å². The molecule has 0 saturated carbocycles. The number of furan rings is 1. The second kappa shape index (κ2) is 6.53. The van der Waals surface area contributed by atoms with Crippen molar-refractivity contribution in [2.45, 2.75) is 37.9 Å². The normalized spacial score (nSPS) is 25.1. The molecule has 5 heteroatoms. The summed E-state index contributed by atoms with van der Waals surface area (Å²) in [6, 6.07) is 9.23. The van der Waals surface area contributed by atoms with Crippen molar-refractivity contribution in [2.24, 2.45) is 0 Å². The van der Waals surface area contributed by atoms with Crippen LogP contribution in [0.25, 0.3) is 0 Å². The Kier molecular flexibility index (Phi) is 4.69. The molecule has 2 aromatic heterocycles. The summed E-state index contributed by atoms with van der Waals surface area (Å²) in [5, 5.41) is 3.77. The highest BCUT2D eigenvalue weighted by Gasteiger charge is 2.27. The second-order valence-corrected chi connectivity index (χ2v) is 7.55. The van der Waals surface area contributed by atoms with Crippen LogP contribution in [-0.2, 0) is 0 Å². The van der Waals surface area contributed by atoms with Crippen molar-refractivity contribution in [2.75, 3.05) is 13.6 Å². The van der Waals surface area contributed by atoms with Crippen molar-refractivity contribution in [3.05, 3.63) is 45.5 Å². The van der Waals surface area contributed by atoms with E-state index >= 15 is 0 Å². The second-order valence-electron chi connectivity index (χ2n) is 5.81. The fourth-order valence-electron chi connectivity index (χ4n) is 2.92. The Morgan fingerprint density at radius 2 is 2.29 bits per heavy atom. The van der Waals surface area contributed by atoms with Gasteiger partial charge in [0.15, 0.2) is 0 Å². The molecule has 0 spiro atoms. The van der Waals surface area contributed by atoms with Crippen LogP contribution in [0.3, 0.4) is 0 Å². The molecule has 3 heterocycles. The number of thiophene rings is 1. The molecule has 2 aromatic rings. The van der Waals surface area contributed by atoms with Crippen molar-refractivity contribution >= 4 is 22.9 Å². The molecule has 0 aromatic carbocycles. The molecule has 0 amide bonds. The molecule has 1 aliphatic rings. The number of nitrogens with one attached hydrogen (secondary N) is 1. The molecule has 0 radical (unpaired) electrons. The van der Waals surface area contributed by atoms with Crippen LogP contribution in [0.5, 0.6) is 0 Å². The first-order chi connectivity index (χ1) is 10.1. The summed E-state index contributed by atoms with van der Waals surface area (Å²) in [4.78, 5) is 3.63. The summed E-state index contributed by atoms with van der Waals surface area (Å²) < 4.78 is 6.46. The Balaban J connectivity index is 1.77. The lowest BCUT2D eigenvalue weighted by Gasteiger charge is -2.36. The molecular weight excluding hydrogens is 304 g/mol. The van der Waals surface area contributed by atoms with E-state index in [-0.39, 0.29) is 6.04 Å². The first kappa shape index (κ1) is 15.1. The van der Waals surface area contributed by atoms with Crippen LogP contribution < -0.4 is 5.32 Å². The molecule has 3 rings (SSSR count). The van der Waals surface area contributed by atoms with Gasteiger partial charge in [-0.2, -0.15) is 0 Å². The average molecular weight is 325 g/mol. The lowest BCUT2D eigenvalue weighted by atomic mass is 9.97. The summed E-state index contributed by atoms with van der Waals surface area (Å²) in [6.45, 7) is 3.42. The van der Waals surface area contributed by atoms with Crippen molar-refractivity contribution in [3.63, 3.8) is 0 Å². The minimum absolute atomic E-state index is 0.0955. The van der Waals surface area contributed by atoms with Gasteiger partial charge in [0.05, 0.1) is 10.6 Å². The van der Waals surface area contributed by atoms with Crippen molar-refractivity contribution in [1.29, 1.82) is 0 Å². The van der Waals surface area contributed by atoms with E-state index < -0.39 is 0 Å².